The topological polar surface area (TPSA) is 79.3 Å². The Hall–Kier alpha value is -1.69. The van der Waals surface area contributed by atoms with Crippen LogP contribution in [0, 0.1) is 11.2 Å². The number of halogens is 2. The molecule has 1 aromatic heterocycles. The Balaban J connectivity index is 2.96. The molecular weight excluding hydrogens is 287 g/mol. The second-order valence-corrected chi connectivity index (χ2v) is 5.84. The van der Waals surface area contributed by atoms with E-state index in [4.69, 9.17) is 16.7 Å². The highest BCUT2D eigenvalue weighted by molar-refractivity contribution is 6.32. The molecule has 1 unspecified atom stereocenters. The Labute approximate surface area is 121 Å². The molecule has 0 aromatic carbocycles. The molecular formula is C13H16ClFN2O3. The average molecular weight is 303 g/mol. The molecule has 0 aliphatic rings. The van der Waals surface area contributed by atoms with Crippen molar-refractivity contribution in [2.45, 2.75) is 33.2 Å². The van der Waals surface area contributed by atoms with Gasteiger partial charge in [-0.15, -0.1) is 0 Å². The highest BCUT2D eigenvalue weighted by atomic mass is 35.5. The van der Waals surface area contributed by atoms with Crippen molar-refractivity contribution in [3.05, 3.63) is 28.8 Å². The van der Waals surface area contributed by atoms with E-state index in [9.17, 15) is 14.0 Å². The van der Waals surface area contributed by atoms with Gasteiger partial charge in [-0.3, -0.25) is 9.59 Å². The number of hydrogen-bond donors (Lipinski definition) is 2. The molecule has 0 spiro atoms. The lowest BCUT2D eigenvalue weighted by atomic mass is 9.84. The summed E-state index contributed by atoms with van der Waals surface area (Å²) >= 11 is 5.74. The van der Waals surface area contributed by atoms with Crippen molar-refractivity contribution in [2.24, 2.45) is 5.41 Å². The maximum atomic E-state index is 13.1. The van der Waals surface area contributed by atoms with Crippen molar-refractivity contribution in [1.82, 2.24) is 10.3 Å². The van der Waals surface area contributed by atoms with Gasteiger partial charge >= 0.3 is 5.97 Å². The number of aromatic nitrogens is 1. The number of carboxylic acids is 1. The Kier molecular flexibility index (Phi) is 5.05. The molecule has 0 saturated carbocycles. The fourth-order valence-corrected chi connectivity index (χ4v) is 1.76. The number of carbonyl (C=O) groups excluding carboxylic acids is 1. The summed E-state index contributed by atoms with van der Waals surface area (Å²) in [6.07, 6.45) is 0.660. The molecule has 0 bridgehead atoms. The lowest BCUT2D eigenvalue weighted by Crippen LogP contribution is -2.45. The first-order chi connectivity index (χ1) is 9.11. The Morgan fingerprint density at radius 3 is 2.60 bits per heavy atom. The quantitative estimate of drug-likeness (QED) is 0.838. The summed E-state index contributed by atoms with van der Waals surface area (Å²) in [7, 11) is 0. The summed E-state index contributed by atoms with van der Waals surface area (Å²) in [5.41, 5.74) is -0.590. The minimum atomic E-state index is -1.03. The number of pyridine rings is 1. The Morgan fingerprint density at radius 1 is 1.50 bits per heavy atom. The highest BCUT2D eigenvalue weighted by Crippen LogP contribution is 2.23. The van der Waals surface area contributed by atoms with Crippen molar-refractivity contribution in [3.63, 3.8) is 0 Å². The van der Waals surface area contributed by atoms with Crippen molar-refractivity contribution < 1.29 is 19.1 Å². The summed E-state index contributed by atoms with van der Waals surface area (Å²) in [6.45, 7) is 5.39. The predicted octanol–water partition coefficient (Wildman–Crippen LogP) is 2.49. The molecule has 1 amide bonds. The third kappa shape index (κ3) is 4.45. The molecule has 0 radical (unpaired) electrons. The number of nitrogens with zero attached hydrogens (tertiary/aromatic N) is 1. The van der Waals surface area contributed by atoms with Crippen molar-refractivity contribution in [3.8, 4) is 0 Å². The van der Waals surface area contributed by atoms with Crippen LogP contribution in [0.5, 0.6) is 0 Å². The van der Waals surface area contributed by atoms with Gasteiger partial charge in [0.1, 0.15) is 11.0 Å². The molecule has 1 rings (SSSR count). The van der Waals surface area contributed by atoms with Crippen LogP contribution in [0.1, 0.15) is 37.6 Å². The summed E-state index contributed by atoms with van der Waals surface area (Å²) < 4.78 is 13.1. The largest absolute Gasteiger partial charge is 0.481 e. The van der Waals surface area contributed by atoms with E-state index in [2.05, 4.69) is 10.3 Å². The molecule has 110 valence electrons. The number of amides is 1. The van der Waals surface area contributed by atoms with E-state index in [1.807, 2.05) is 0 Å². The summed E-state index contributed by atoms with van der Waals surface area (Å²) in [5.74, 6) is -2.37. The molecule has 7 heteroatoms. The second-order valence-electron chi connectivity index (χ2n) is 5.48. The van der Waals surface area contributed by atoms with Crippen LogP contribution in [0.3, 0.4) is 0 Å². The minimum absolute atomic E-state index is 0.119. The van der Waals surface area contributed by atoms with Crippen LogP contribution in [0.2, 0.25) is 5.15 Å². The van der Waals surface area contributed by atoms with Gasteiger partial charge in [-0.2, -0.15) is 0 Å². The minimum Gasteiger partial charge on any atom is -0.481 e. The number of carboxylic acid groups (broad SMARTS) is 1. The number of carbonyl (C=O) groups is 2. The van der Waals surface area contributed by atoms with Crippen LogP contribution in [-0.2, 0) is 4.79 Å². The standard InChI is InChI=1S/C13H16ClFN2O3/c1-13(2,3)9(5-10(18)19)17-12(20)8-4-7(15)6-16-11(8)14/h4,6,9H,5H2,1-3H3,(H,17,20)(H,18,19). The fourth-order valence-electron chi connectivity index (χ4n) is 1.57. The number of rotatable bonds is 4. The molecule has 0 aliphatic carbocycles. The van der Waals surface area contributed by atoms with E-state index in [-0.39, 0.29) is 17.1 Å². The normalized spacial score (nSPS) is 12.8. The van der Waals surface area contributed by atoms with E-state index in [0.717, 1.165) is 12.3 Å². The van der Waals surface area contributed by atoms with E-state index in [1.165, 1.54) is 0 Å². The Morgan fingerprint density at radius 2 is 2.10 bits per heavy atom. The van der Waals surface area contributed by atoms with Crippen LogP contribution < -0.4 is 5.32 Å². The van der Waals surface area contributed by atoms with E-state index < -0.39 is 29.2 Å². The third-order valence-corrected chi connectivity index (χ3v) is 3.08. The van der Waals surface area contributed by atoms with Gasteiger partial charge in [-0.1, -0.05) is 32.4 Å². The second kappa shape index (κ2) is 6.17. The van der Waals surface area contributed by atoms with Crippen LogP contribution in [-0.4, -0.2) is 28.0 Å². The van der Waals surface area contributed by atoms with Gasteiger partial charge in [0.25, 0.3) is 5.91 Å². The lowest BCUT2D eigenvalue weighted by Gasteiger charge is -2.30. The predicted molar refractivity (Wildman–Crippen MR) is 72.2 cm³/mol. The summed E-state index contributed by atoms with van der Waals surface area (Å²) in [4.78, 5) is 26.5. The van der Waals surface area contributed by atoms with Gasteiger partial charge in [0.05, 0.1) is 18.2 Å². The molecule has 0 fully saturated rings. The first kappa shape index (κ1) is 16.4. The molecule has 1 heterocycles. The zero-order chi connectivity index (χ0) is 15.5. The van der Waals surface area contributed by atoms with Crippen LogP contribution in [0.4, 0.5) is 4.39 Å². The average Bonchev–Trinajstić information content (AvgIpc) is 2.29. The molecule has 2 N–H and O–H groups in total. The zero-order valence-corrected chi connectivity index (χ0v) is 12.2. The first-order valence-corrected chi connectivity index (χ1v) is 6.32. The number of aliphatic carboxylic acids is 1. The van der Waals surface area contributed by atoms with Crippen molar-refractivity contribution in [1.29, 1.82) is 0 Å². The molecule has 0 aliphatic heterocycles. The van der Waals surface area contributed by atoms with Gasteiger partial charge in [-0.05, 0) is 11.5 Å². The van der Waals surface area contributed by atoms with Gasteiger partial charge in [0.2, 0.25) is 0 Å². The third-order valence-electron chi connectivity index (χ3n) is 2.78. The van der Waals surface area contributed by atoms with Gasteiger partial charge in [0, 0.05) is 6.04 Å². The monoisotopic (exact) mass is 302 g/mol. The summed E-state index contributed by atoms with van der Waals surface area (Å²) in [6, 6.07) is 0.345. The van der Waals surface area contributed by atoms with Crippen LogP contribution in [0.15, 0.2) is 12.3 Å². The SMILES string of the molecule is CC(C)(C)C(CC(=O)O)NC(=O)c1cc(F)cnc1Cl. The zero-order valence-electron chi connectivity index (χ0n) is 11.4. The molecule has 20 heavy (non-hydrogen) atoms. The smallest absolute Gasteiger partial charge is 0.305 e. The highest BCUT2D eigenvalue weighted by Gasteiger charge is 2.29. The van der Waals surface area contributed by atoms with Gasteiger partial charge < -0.3 is 10.4 Å². The Bertz CT molecular complexity index is 529. The van der Waals surface area contributed by atoms with Crippen LogP contribution in [0.25, 0.3) is 0 Å². The molecule has 1 atom stereocenters. The van der Waals surface area contributed by atoms with Crippen LogP contribution >= 0.6 is 11.6 Å². The fraction of sp³-hybridized carbons (Fsp3) is 0.462. The molecule has 5 nitrogen and oxygen atoms in total. The number of hydrogen-bond acceptors (Lipinski definition) is 3. The maximum Gasteiger partial charge on any atom is 0.305 e. The van der Waals surface area contributed by atoms with Crippen molar-refractivity contribution >= 4 is 23.5 Å². The van der Waals surface area contributed by atoms with E-state index in [0.29, 0.717) is 0 Å². The van der Waals surface area contributed by atoms with E-state index >= 15 is 0 Å². The van der Waals surface area contributed by atoms with E-state index in [1.54, 1.807) is 20.8 Å². The molecule has 0 saturated heterocycles. The summed E-state index contributed by atoms with van der Waals surface area (Å²) in [5, 5.41) is 11.3. The molecule has 1 aromatic rings. The first-order valence-electron chi connectivity index (χ1n) is 5.95. The van der Waals surface area contributed by atoms with Gasteiger partial charge in [0.15, 0.2) is 0 Å². The maximum absolute atomic E-state index is 13.1. The number of nitrogens with one attached hydrogen (secondary N) is 1. The van der Waals surface area contributed by atoms with Gasteiger partial charge in [-0.25, -0.2) is 9.37 Å². The lowest BCUT2D eigenvalue weighted by molar-refractivity contribution is -0.138. The van der Waals surface area contributed by atoms with Crippen molar-refractivity contribution in [2.75, 3.05) is 0 Å².